The van der Waals surface area contributed by atoms with Gasteiger partial charge in [0.1, 0.15) is 15.8 Å². The minimum atomic E-state index is -0.507. The molecule has 0 spiro atoms. The molecule has 1 aliphatic rings. The Bertz CT molecular complexity index is 1050. The zero-order valence-electron chi connectivity index (χ0n) is 15.5. The fourth-order valence-corrected chi connectivity index (χ4v) is 3.86. The van der Waals surface area contributed by atoms with Gasteiger partial charge < -0.3 is 14.2 Å². The van der Waals surface area contributed by atoms with Crippen molar-refractivity contribution in [3.63, 3.8) is 0 Å². The van der Waals surface area contributed by atoms with Crippen LogP contribution in [0.5, 0.6) is 0 Å². The van der Waals surface area contributed by atoms with Crippen molar-refractivity contribution in [2.75, 3.05) is 31.1 Å². The van der Waals surface area contributed by atoms with Crippen molar-refractivity contribution < 1.29 is 9.34 Å². The summed E-state index contributed by atoms with van der Waals surface area (Å²) in [7, 11) is 0. The van der Waals surface area contributed by atoms with E-state index in [1.54, 1.807) is 12.1 Å². The normalized spacial score (nSPS) is 14.1. The van der Waals surface area contributed by atoms with Crippen LogP contribution in [0.1, 0.15) is 5.76 Å². The van der Waals surface area contributed by atoms with E-state index in [2.05, 4.69) is 21.9 Å². The first-order valence-corrected chi connectivity index (χ1v) is 9.95. The van der Waals surface area contributed by atoms with Crippen LogP contribution in [-0.2, 0) is 0 Å². The fraction of sp³-hybridized carbons (Fsp3) is 0.190. The van der Waals surface area contributed by atoms with Gasteiger partial charge in [0.25, 0.3) is 5.69 Å². The van der Waals surface area contributed by atoms with Crippen molar-refractivity contribution in [1.82, 2.24) is 4.90 Å². The Morgan fingerprint density at radius 1 is 1.03 bits per heavy atom. The van der Waals surface area contributed by atoms with Gasteiger partial charge in [-0.1, -0.05) is 42.0 Å². The van der Waals surface area contributed by atoms with Gasteiger partial charge in [-0.25, -0.2) is 0 Å². The maximum Gasteiger partial charge on any atom is 0.288 e. The fourth-order valence-electron chi connectivity index (χ4n) is 3.38. The molecule has 6 nitrogen and oxygen atoms in total. The van der Waals surface area contributed by atoms with Gasteiger partial charge >= 0.3 is 0 Å². The second-order valence-corrected chi connectivity index (χ2v) is 7.50. The van der Waals surface area contributed by atoms with Crippen LogP contribution in [-0.4, -0.2) is 41.0 Å². The van der Waals surface area contributed by atoms with E-state index in [4.69, 9.17) is 28.2 Å². The van der Waals surface area contributed by atoms with Crippen molar-refractivity contribution in [2.24, 2.45) is 0 Å². The van der Waals surface area contributed by atoms with Gasteiger partial charge in [0, 0.05) is 43.5 Å². The van der Waals surface area contributed by atoms with E-state index in [1.807, 2.05) is 24.3 Å². The van der Waals surface area contributed by atoms with Crippen LogP contribution in [0.15, 0.2) is 65.1 Å². The number of hydrogen-bond acceptors (Lipinski definition) is 5. The maximum atomic E-state index is 11.1. The van der Waals surface area contributed by atoms with E-state index >= 15 is 0 Å². The third-order valence-corrected chi connectivity index (χ3v) is 5.71. The third-order valence-electron chi connectivity index (χ3n) is 4.93. The van der Waals surface area contributed by atoms with E-state index < -0.39 is 4.92 Å². The Morgan fingerprint density at radius 3 is 2.45 bits per heavy atom. The number of nitrogens with zero attached hydrogens (tertiary/aromatic N) is 3. The molecule has 4 rings (SSSR count). The average molecular weight is 428 g/mol. The summed E-state index contributed by atoms with van der Waals surface area (Å²) >= 11 is 11.5. The molecular formula is C21H18ClN3O3S. The molecule has 2 heterocycles. The number of hydrogen-bond donors (Lipinski definition) is 0. The maximum absolute atomic E-state index is 11.1. The number of para-hydroxylation sites is 1. The molecule has 2 aromatic carbocycles. The van der Waals surface area contributed by atoms with Crippen molar-refractivity contribution in [3.8, 4) is 11.3 Å². The molecule has 0 amide bonds. The Balaban J connectivity index is 1.46. The minimum Gasteiger partial charge on any atom is -0.454 e. The van der Waals surface area contributed by atoms with Crippen LogP contribution in [0.25, 0.3) is 11.3 Å². The van der Waals surface area contributed by atoms with Crippen LogP contribution in [0, 0.1) is 10.1 Å². The highest BCUT2D eigenvalue weighted by Gasteiger charge is 2.22. The molecule has 3 aromatic rings. The SMILES string of the molecule is O=[N+]([O-])c1cc(-c2ccc(C(=S)N3CCN(c4ccccc4)CC3)o2)ccc1Cl. The molecule has 0 radical (unpaired) electrons. The second-order valence-electron chi connectivity index (χ2n) is 6.70. The summed E-state index contributed by atoms with van der Waals surface area (Å²) in [6.07, 6.45) is 0. The standard InChI is InChI=1S/C21H18ClN3O3S/c22-17-7-6-15(14-18(17)25(26)27)19-8-9-20(28-19)21(29)24-12-10-23(11-13-24)16-4-2-1-3-5-16/h1-9,14H,10-13H2. The largest absolute Gasteiger partial charge is 0.454 e. The number of rotatable bonds is 4. The molecule has 0 aliphatic carbocycles. The van der Waals surface area contributed by atoms with Gasteiger partial charge in [-0.05, 0) is 36.4 Å². The number of thiocarbonyl (C=S) groups is 1. The molecule has 1 saturated heterocycles. The van der Waals surface area contributed by atoms with Gasteiger partial charge in [0.05, 0.1) is 4.92 Å². The summed E-state index contributed by atoms with van der Waals surface area (Å²) in [6.45, 7) is 3.36. The zero-order chi connectivity index (χ0) is 20.4. The van der Waals surface area contributed by atoms with Crippen molar-refractivity contribution in [2.45, 2.75) is 0 Å². The average Bonchev–Trinajstić information content (AvgIpc) is 3.24. The molecular weight excluding hydrogens is 410 g/mol. The molecule has 8 heteroatoms. The summed E-state index contributed by atoms with van der Waals surface area (Å²) < 4.78 is 5.91. The van der Waals surface area contributed by atoms with E-state index in [9.17, 15) is 10.1 Å². The number of nitro groups is 1. The number of nitro benzene ring substituents is 1. The highest BCUT2D eigenvalue weighted by molar-refractivity contribution is 7.80. The number of anilines is 1. The van der Waals surface area contributed by atoms with Gasteiger partial charge in [0.2, 0.25) is 0 Å². The number of halogens is 1. The van der Waals surface area contributed by atoms with Crippen LogP contribution >= 0.6 is 23.8 Å². The number of furan rings is 1. The highest BCUT2D eigenvalue weighted by Crippen LogP contribution is 2.31. The molecule has 0 saturated carbocycles. The topological polar surface area (TPSA) is 62.8 Å². The molecule has 0 unspecified atom stereocenters. The molecule has 1 aliphatic heterocycles. The van der Waals surface area contributed by atoms with E-state index in [-0.39, 0.29) is 10.7 Å². The lowest BCUT2D eigenvalue weighted by Gasteiger charge is -2.37. The van der Waals surface area contributed by atoms with Crippen molar-refractivity contribution in [3.05, 3.63) is 81.6 Å². The Morgan fingerprint density at radius 2 is 1.76 bits per heavy atom. The van der Waals surface area contributed by atoms with Crippen LogP contribution in [0.4, 0.5) is 11.4 Å². The lowest BCUT2D eigenvalue weighted by Crippen LogP contribution is -2.48. The molecule has 0 bridgehead atoms. The van der Waals surface area contributed by atoms with Gasteiger partial charge in [-0.3, -0.25) is 10.1 Å². The number of benzene rings is 2. The summed E-state index contributed by atoms with van der Waals surface area (Å²) in [5.41, 5.74) is 1.65. The highest BCUT2D eigenvalue weighted by atomic mass is 35.5. The second kappa shape index (κ2) is 8.23. The van der Waals surface area contributed by atoms with Gasteiger partial charge in [-0.15, -0.1) is 0 Å². The predicted molar refractivity (Wildman–Crippen MR) is 118 cm³/mol. The summed E-state index contributed by atoms with van der Waals surface area (Å²) in [5, 5.41) is 11.2. The van der Waals surface area contributed by atoms with E-state index in [0.717, 1.165) is 26.2 Å². The summed E-state index contributed by atoms with van der Waals surface area (Å²) in [5.74, 6) is 1.10. The molecule has 1 aromatic heterocycles. The number of piperazine rings is 1. The predicted octanol–water partition coefficient (Wildman–Crippen LogP) is 5.01. The smallest absolute Gasteiger partial charge is 0.288 e. The lowest BCUT2D eigenvalue weighted by atomic mass is 10.1. The van der Waals surface area contributed by atoms with Gasteiger partial charge in [-0.2, -0.15) is 0 Å². The summed E-state index contributed by atoms with van der Waals surface area (Å²) in [6, 6.07) is 18.5. The monoisotopic (exact) mass is 427 g/mol. The Hall–Kier alpha value is -2.90. The Kier molecular flexibility index (Phi) is 5.51. The van der Waals surface area contributed by atoms with Crippen molar-refractivity contribution in [1.29, 1.82) is 0 Å². The molecule has 1 fully saturated rings. The first-order chi connectivity index (χ1) is 14.0. The molecule has 0 N–H and O–H groups in total. The molecule has 0 atom stereocenters. The van der Waals surface area contributed by atoms with Gasteiger partial charge in [0.15, 0.2) is 5.76 Å². The third kappa shape index (κ3) is 4.11. The molecule has 29 heavy (non-hydrogen) atoms. The zero-order valence-corrected chi connectivity index (χ0v) is 17.0. The quantitative estimate of drug-likeness (QED) is 0.331. The van der Waals surface area contributed by atoms with E-state index in [0.29, 0.717) is 22.1 Å². The van der Waals surface area contributed by atoms with Crippen LogP contribution in [0.2, 0.25) is 5.02 Å². The van der Waals surface area contributed by atoms with Crippen LogP contribution < -0.4 is 4.90 Å². The first kappa shape index (κ1) is 19.4. The van der Waals surface area contributed by atoms with E-state index in [1.165, 1.54) is 17.8 Å². The van der Waals surface area contributed by atoms with Crippen molar-refractivity contribution >= 4 is 40.2 Å². The molecule has 148 valence electrons. The Labute approximate surface area is 178 Å². The minimum absolute atomic E-state index is 0.0948. The first-order valence-electron chi connectivity index (χ1n) is 9.16. The summed E-state index contributed by atoms with van der Waals surface area (Å²) in [4.78, 5) is 15.7. The lowest BCUT2D eigenvalue weighted by molar-refractivity contribution is -0.384. The van der Waals surface area contributed by atoms with Crippen LogP contribution in [0.3, 0.4) is 0 Å².